The Hall–Kier alpha value is -1.17. The van der Waals surface area contributed by atoms with Crippen LogP contribution in [0.2, 0.25) is 0 Å². The van der Waals surface area contributed by atoms with E-state index in [4.69, 9.17) is 0 Å². The Labute approximate surface area is 136 Å². The molecule has 0 N–H and O–H groups in total. The zero-order valence-electron chi connectivity index (χ0n) is 11.3. The van der Waals surface area contributed by atoms with Gasteiger partial charge in [0, 0.05) is 0 Å². The van der Waals surface area contributed by atoms with Crippen LogP contribution in [-0.2, 0) is 10.2 Å². The molecule has 0 aromatic rings. The van der Waals surface area contributed by atoms with Crippen molar-refractivity contribution >= 4 is 10.2 Å². The summed E-state index contributed by atoms with van der Waals surface area (Å²) < 4.78 is 230. The molecule has 0 amide bonds. The molecule has 0 aliphatic heterocycles. The fraction of sp³-hybridized carbons (Fsp3) is 1.00. The fourth-order valence-corrected chi connectivity index (χ4v) is 3.65. The Kier molecular flexibility index (Phi) is 4.47. The second-order valence-electron chi connectivity index (χ2n) is 5.08. The highest BCUT2D eigenvalue weighted by molar-refractivity contribution is 7.87. The molecule has 1 atom stereocenters. The maximum absolute atomic E-state index is 14.1. The number of hydrogen-bond donors (Lipinski definition) is 0. The van der Waals surface area contributed by atoms with Crippen molar-refractivity contribution in [2.75, 3.05) is 0 Å². The first-order valence-corrected chi connectivity index (χ1v) is 6.91. The number of hydrogen-bond acceptors (Lipinski definition) is 2. The molecule has 0 spiro atoms. The van der Waals surface area contributed by atoms with Gasteiger partial charge >= 0.3 is 51.3 Å². The molecule has 1 aliphatic carbocycles. The van der Waals surface area contributed by atoms with Crippen LogP contribution in [0.15, 0.2) is 0 Å². The molecule has 0 aromatic heterocycles. The SMILES string of the molecule is O=S(=O)(F)C1(F)C(F)(F)C(F)(F)C(F)(F)C(F)(F)C1(C(F)(F)F)C(F)(F)F. The molecule has 27 heavy (non-hydrogen) atoms. The van der Waals surface area contributed by atoms with Gasteiger partial charge in [-0.1, -0.05) is 0 Å². The summed E-state index contributed by atoms with van der Waals surface area (Å²) in [5, 5.41) is -8.64. The van der Waals surface area contributed by atoms with Crippen LogP contribution in [0.4, 0.5) is 69.7 Å². The highest BCUT2D eigenvalue weighted by Gasteiger charge is 3.11. The molecule has 19 heteroatoms. The molecule has 1 saturated carbocycles. The maximum Gasteiger partial charge on any atom is 0.414 e. The second kappa shape index (κ2) is 5.05. The zero-order valence-corrected chi connectivity index (χ0v) is 12.1. The standard InChI is InChI=1S/C8F16O2S/c9-2(10)1(7(18,19)20,8(21,22)23)6(17,27(24,25)26)5(15,16)4(13,14)3(2,11)12. The van der Waals surface area contributed by atoms with Crippen LogP contribution >= 0.6 is 0 Å². The monoisotopic (exact) mass is 464 g/mol. The third-order valence-corrected chi connectivity index (χ3v) is 4.96. The van der Waals surface area contributed by atoms with Crippen molar-refractivity contribution in [3.8, 4) is 0 Å². The summed E-state index contributed by atoms with van der Waals surface area (Å²) >= 11 is 0. The largest absolute Gasteiger partial charge is 0.414 e. The van der Waals surface area contributed by atoms with Crippen molar-refractivity contribution in [1.82, 2.24) is 0 Å². The molecular weight excluding hydrogens is 464 g/mol. The lowest BCUT2D eigenvalue weighted by molar-refractivity contribution is -0.525. The average molecular weight is 464 g/mol. The predicted molar refractivity (Wildman–Crippen MR) is 48.2 cm³/mol. The summed E-state index contributed by atoms with van der Waals surface area (Å²) in [7, 11) is -9.05. The van der Waals surface area contributed by atoms with Gasteiger partial charge in [0.05, 0.1) is 0 Å². The van der Waals surface area contributed by atoms with Crippen LogP contribution in [0.5, 0.6) is 0 Å². The third-order valence-electron chi connectivity index (χ3n) is 3.73. The van der Waals surface area contributed by atoms with Crippen molar-refractivity contribution < 1.29 is 78.2 Å². The Morgan fingerprint density at radius 3 is 1.00 bits per heavy atom. The minimum absolute atomic E-state index is 8.22. The summed E-state index contributed by atoms with van der Waals surface area (Å²) in [6.45, 7) is 0. The minimum atomic E-state index is -9.05. The Balaban J connectivity index is 4.58. The lowest BCUT2D eigenvalue weighted by atomic mass is 9.62. The van der Waals surface area contributed by atoms with Gasteiger partial charge in [-0.25, -0.2) is 4.39 Å². The number of rotatable bonds is 1. The van der Waals surface area contributed by atoms with Gasteiger partial charge in [0.1, 0.15) is 0 Å². The smallest absolute Gasteiger partial charge is 0.214 e. The lowest BCUT2D eigenvalue weighted by Crippen LogP contribution is -2.90. The quantitative estimate of drug-likeness (QED) is 0.420. The van der Waals surface area contributed by atoms with Crippen molar-refractivity contribution in [1.29, 1.82) is 0 Å². The van der Waals surface area contributed by atoms with Crippen LogP contribution in [0, 0.1) is 5.41 Å². The van der Waals surface area contributed by atoms with E-state index in [0.717, 1.165) is 0 Å². The Bertz CT molecular complexity index is 714. The van der Waals surface area contributed by atoms with Crippen molar-refractivity contribution in [2.45, 2.75) is 41.0 Å². The first-order valence-electron chi connectivity index (χ1n) is 5.53. The van der Waals surface area contributed by atoms with Gasteiger partial charge < -0.3 is 0 Å². The fourth-order valence-electron chi connectivity index (χ4n) is 2.49. The normalized spacial score (nSPS) is 32.1. The third kappa shape index (κ3) is 2.03. The predicted octanol–water partition coefficient (Wildman–Crippen LogP) is 4.62. The molecule has 0 saturated heterocycles. The maximum atomic E-state index is 14.1. The number of alkyl halides is 15. The highest BCUT2D eigenvalue weighted by Crippen LogP contribution is 2.79. The first-order chi connectivity index (χ1) is 11.2. The molecular formula is C8F16O2S. The summed E-state index contributed by atoms with van der Waals surface area (Å²) in [6, 6.07) is 0. The molecule has 0 radical (unpaired) electrons. The lowest BCUT2D eigenvalue weighted by Gasteiger charge is -2.57. The van der Waals surface area contributed by atoms with Gasteiger partial charge in [-0.15, -0.1) is 3.89 Å². The Morgan fingerprint density at radius 1 is 0.519 bits per heavy atom. The first kappa shape index (κ1) is 23.9. The van der Waals surface area contributed by atoms with E-state index >= 15 is 0 Å². The van der Waals surface area contributed by atoms with Crippen molar-refractivity contribution in [3.63, 3.8) is 0 Å². The summed E-state index contributed by atoms with van der Waals surface area (Å²) in [6.07, 6.45) is -17.0. The molecule has 0 bridgehead atoms. The van der Waals surface area contributed by atoms with Crippen LogP contribution < -0.4 is 0 Å². The molecule has 162 valence electrons. The minimum Gasteiger partial charge on any atom is -0.214 e. The van der Waals surface area contributed by atoms with E-state index in [1.807, 2.05) is 0 Å². The topological polar surface area (TPSA) is 34.1 Å². The molecule has 1 aliphatic rings. The molecule has 2 nitrogen and oxygen atoms in total. The van der Waals surface area contributed by atoms with Crippen molar-refractivity contribution in [2.24, 2.45) is 5.41 Å². The second-order valence-corrected chi connectivity index (χ2v) is 6.51. The average Bonchev–Trinajstić information content (AvgIpc) is 2.31. The van der Waals surface area contributed by atoms with Gasteiger partial charge in [-0.2, -0.15) is 69.9 Å². The van der Waals surface area contributed by atoms with E-state index < -0.39 is 56.7 Å². The van der Waals surface area contributed by atoms with Crippen LogP contribution in [0.3, 0.4) is 0 Å². The molecule has 1 rings (SSSR count). The summed E-state index contributed by atoms with van der Waals surface area (Å²) in [4.78, 5) is 0. The number of halogens is 16. The Morgan fingerprint density at radius 2 is 0.778 bits per heavy atom. The van der Waals surface area contributed by atoms with Gasteiger partial charge in [-0.05, 0) is 0 Å². The van der Waals surface area contributed by atoms with Crippen LogP contribution in [-0.4, -0.2) is 49.5 Å². The van der Waals surface area contributed by atoms with Crippen LogP contribution in [0.25, 0.3) is 0 Å². The zero-order chi connectivity index (χ0) is 22.5. The van der Waals surface area contributed by atoms with Gasteiger partial charge in [0.25, 0.3) is 5.41 Å². The molecule has 1 unspecified atom stereocenters. The molecule has 1 fully saturated rings. The van der Waals surface area contributed by atoms with Gasteiger partial charge in [0.15, 0.2) is 0 Å². The molecule has 0 heterocycles. The van der Waals surface area contributed by atoms with Crippen molar-refractivity contribution in [3.05, 3.63) is 0 Å². The highest BCUT2D eigenvalue weighted by atomic mass is 32.3. The van der Waals surface area contributed by atoms with E-state index in [1.165, 1.54) is 0 Å². The van der Waals surface area contributed by atoms with E-state index in [0.29, 0.717) is 0 Å². The van der Waals surface area contributed by atoms with E-state index in [9.17, 15) is 78.2 Å². The van der Waals surface area contributed by atoms with Crippen LogP contribution in [0.1, 0.15) is 0 Å². The molecule has 0 aromatic carbocycles. The van der Waals surface area contributed by atoms with E-state index in [1.54, 1.807) is 0 Å². The summed E-state index contributed by atoms with van der Waals surface area (Å²) in [5.74, 6) is -33.7. The summed E-state index contributed by atoms with van der Waals surface area (Å²) in [5.41, 5.74) is -8.83. The van der Waals surface area contributed by atoms with E-state index in [-0.39, 0.29) is 0 Å². The van der Waals surface area contributed by atoms with Gasteiger partial charge in [0.2, 0.25) is 0 Å². The van der Waals surface area contributed by atoms with Gasteiger partial charge in [-0.3, -0.25) is 0 Å². The van der Waals surface area contributed by atoms with E-state index in [2.05, 4.69) is 0 Å².